The van der Waals surface area contributed by atoms with Crippen LogP contribution in [0.2, 0.25) is 10.0 Å². The Morgan fingerprint density at radius 2 is 1.87 bits per heavy atom. The molecule has 1 heterocycles. The van der Waals surface area contributed by atoms with Gasteiger partial charge in [-0.2, -0.15) is 0 Å². The van der Waals surface area contributed by atoms with Gasteiger partial charge < -0.3 is 21.1 Å². The summed E-state index contributed by atoms with van der Waals surface area (Å²) in [5.41, 5.74) is 8.61. The summed E-state index contributed by atoms with van der Waals surface area (Å²) < 4.78 is 0. The van der Waals surface area contributed by atoms with Crippen LogP contribution in [0.1, 0.15) is 43.4 Å². The molecular formula is C22H26Cl3N3O3. The van der Waals surface area contributed by atoms with Crippen LogP contribution in [0.15, 0.2) is 36.4 Å². The second-order valence-corrected chi connectivity index (χ2v) is 8.28. The van der Waals surface area contributed by atoms with Crippen LogP contribution in [0, 0.1) is 0 Å². The zero-order valence-electron chi connectivity index (χ0n) is 17.1. The molecule has 0 fully saturated rings. The minimum atomic E-state index is -1.000. The molecule has 1 aliphatic rings. The lowest BCUT2D eigenvalue weighted by Crippen LogP contribution is -2.43. The average molecular weight is 487 g/mol. The lowest BCUT2D eigenvalue weighted by atomic mass is 9.90. The lowest BCUT2D eigenvalue weighted by Gasteiger charge is -2.38. The summed E-state index contributed by atoms with van der Waals surface area (Å²) in [6.45, 7) is 2.14. The fraction of sp³-hybridized carbons (Fsp3) is 0.364. The monoisotopic (exact) mass is 485 g/mol. The number of aliphatic carboxylic acids is 1. The molecule has 2 aromatic rings. The van der Waals surface area contributed by atoms with Gasteiger partial charge in [0.1, 0.15) is 6.04 Å². The van der Waals surface area contributed by atoms with Gasteiger partial charge in [0.15, 0.2) is 0 Å². The minimum Gasteiger partial charge on any atom is -0.480 e. The number of nitrogens with two attached hydrogens (primary N) is 1. The number of hydrogen-bond acceptors (Lipinski definition) is 4. The van der Waals surface area contributed by atoms with Gasteiger partial charge in [0.25, 0.3) is 0 Å². The van der Waals surface area contributed by atoms with E-state index in [1.165, 1.54) is 6.92 Å². The van der Waals surface area contributed by atoms with Crippen molar-refractivity contribution in [3.05, 3.63) is 57.6 Å². The van der Waals surface area contributed by atoms with Gasteiger partial charge in [0.05, 0.1) is 6.04 Å². The van der Waals surface area contributed by atoms with Crippen LogP contribution >= 0.6 is 35.6 Å². The van der Waals surface area contributed by atoms with E-state index in [1.54, 1.807) is 17.0 Å². The van der Waals surface area contributed by atoms with Crippen LogP contribution in [-0.4, -0.2) is 29.6 Å². The van der Waals surface area contributed by atoms with Crippen LogP contribution in [0.4, 0.5) is 11.4 Å². The number of rotatable bonds is 7. The van der Waals surface area contributed by atoms with E-state index in [-0.39, 0.29) is 24.7 Å². The standard InChI is InChI=1S/C22H25Cl2N3O3.ClH/c1-13(28)27(16-7-5-14(6-8-16)4-2-3-9-25)20-12-19(22(29)30)26-18-11-15(23)10-17(24)21(18)20;/h5-8,10-11,19-20,26H,2-4,9,12,25H2,1H3,(H,29,30);1H/t19-,20+;/m0./s1. The molecule has 0 radical (unpaired) electrons. The van der Waals surface area contributed by atoms with E-state index in [4.69, 9.17) is 28.9 Å². The van der Waals surface area contributed by atoms with Crippen molar-refractivity contribution in [2.45, 2.75) is 44.7 Å². The van der Waals surface area contributed by atoms with Gasteiger partial charge in [0.2, 0.25) is 5.91 Å². The Morgan fingerprint density at radius 1 is 1.19 bits per heavy atom. The number of hydrogen-bond donors (Lipinski definition) is 3. The Balaban J connectivity index is 0.00000341. The van der Waals surface area contributed by atoms with E-state index in [1.807, 2.05) is 24.3 Å². The predicted molar refractivity (Wildman–Crippen MR) is 128 cm³/mol. The molecule has 0 spiro atoms. The highest BCUT2D eigenvalue weighted by atomic mass is 35.5. The van der Waals surface area contributed by atoms with E-state index in [9.17, 15) is 14.7 Å². The zero-order valence-corrected chi connectivity index (χ0v) is 19.4. The third kappa shape index (κ3) is 5.83. The first-order valence-corrected chi connectivity index (χ1v) is 10.6. The number of aryl methyl sites for hydroxylation is 1. The van der Waals surface area contributed by atoms with Crippen LogP contribution in [0.25, 0.3) is 0 Å². The van der Waals surface area contributed by atoms with E-state index in [2.05, 4.69) is 5.32 Å². The molecule has 3 rings (SSSR count). The van der Waals surface area contributed by atoms with Crippen LogP contribution in [0.3, 0.4) is 0 Å². The number of anilines is 2. The summed E-state index contributed by atoms with van der Waals surface area (Å²) in [5, 5.41) is 13.4. The molecule has 0 unspecified atom stereocenters. The number of unbranched alkanes of at least 4 members (excludes halogenated alkanes) is 1. The summed E-state index contributed by atoms with van der Waals surface area (Å²) in [7, 11) is 0. The Hall–Kier alpha value is -1.99. The summed E-state index contributed by atoms with van der Waals surface area (Å²) in [6, 6.07) is 9.60. The highest BCUT2D eigenvalue weighted by Crippen LogP contribution is 2.44. The SMILES string of the molecule is CC(=O)N(c1ccc(CCCCN)cc1)[C@@H]1C[C@@H](C(=O)O)Nc2cc(Cl)cc(Cl)c21.Cl. The molecule has 0 aromatic heterocycles. The molecule has 0 saturated heterocycles. The lowest BCUT2D eigenvalue weighted by molar-refractivity contribution is -0.138. The number of carboxylic acid groups (broad SMARTS) is 1. The highest BCUT2D eigenvalue weighted by Gasteiger charge is 2.37. The highest BCUT2D eigenvalue weighted by molar-refractivity contribution is 6.35. The van der Waals surface area contributed by atoms with Crippen molar-refractivity contribution < 1.29 is 14.7 Å². The Bertz CT molecular complexity index is 938. The maximum atomic E-state index is 12.7. The topological polar surface area (TPSA) is 95.7 Å². The van der Waals surface area contributed by atoms with Crippen molar-refractivity contribution in [2.24, 2.45) is 5.73 Å². The molecule has 0 aliphatic carbocycles. The quantitative estimate of drug-likeness (QED) is 0.475. The van der Waals surface area contributed by atoms with Crippen molar-refractivity contribution in [1.82, 2.24) is 0 Å². The maximum absolute atomic E-state index is 12.7. The van der Waals surface area contributed by atoms with E-state index >= 15 is 0 Å². The Kier molecular flexibility index (Phi) is 9.01. The number of nitrogens with zero attached hydrogens (tertiary/aromatic N) is 1. The number of carbonyl (C=O) groups is 2. The average Bonchev–Trinajstić information content (AvgIpc) is 2.68. The van der Waals surface area contributed by atoms with Crippen molar-refractivity contribution in [3.63, 3.8) is 0 Å². The van der Waals surface area contributed by atoms with Gasteiger partial charge in [-0.1, -0.05) is 35.3 Å². The molecule has 0 saturated carbocycles. The first-order chi connectivity index (χ1) is 14.3. The van der Waals surface area contributed by atoms with Gasteiger partial charge in [-0.3, -0.25) is 4.79 Å². The third-order valence-corrected chi connectivity index (χ3v) is 5.83. The van der Waals surface area contributed by atoms with Crippen LogP contribution in [-0.2, 0) is 16.0 Å². The summed E-state index contributed by atoms with van der Waals surface area (Å²) >= 11 is 12.6. The normalized spacial score (nSPS) is 17.2. The number of carbonyl (C=O) groups excluding carboxylic acids is 1. The Morgan fingerprint density at radius 3 is 2.45 bits per heavy atom. The number of nitrogens with one attached hydrogen (secondary N) is 1. The molecule has 6 nitrogen and oxygen atoms in total. The second-order valence-electron chi connectivity index (χ2n) is 7.44. The molecule has 168 valence electrons. The number of benzene rings is 2. The first-order valence-electron chi connectivity index (χ1n) is 9.89. The van der Waals surface area contributed by atoms with Gasteiger partial charge in [0, 0.05) is 40.3 Å². The Labute approximate surface area is 198 Å². The summed E-state index contributed by atoms with van der Waals surface area (Å²) in [5.74, 6) is -1.20. The van der Waals surface area contributed by atoms with Gasteiger partial charge >= 0.3 is 5.97 Å². The predicted octanol–water partition coefficient (Wildman–Crippen LogP) is 5.06. The van der Waals surface area contributed by atoms with Crippen molar-refractivity contribution in [3.8, 4) is 0 Å². The minimum absolute atomic E-state index is 0. The largest absolute Gasteiger partial charge is 0.480 e. The molecule has 31 heavy (non-hydrogen) atoms. The summed E-state index contributed by atoms with van der Waals surface area (Å²) in [4.78, 5) is 26.0. The van der Waals surface area contributed by atoms with Crippen molar-refractivity contribution in [2.75, 3.05) is 16.8 Å². The van der Waals surface area contributed by atoms with E-state index in [0.29, 0.717) is 33.5 Å². The summed E-state index contributed by atoms with van der Waals surface area (Å²) in [6.07, 6.45) is 3.07. The third-order valence-electron chi connectivity index (χ3n) is 5.30. The fourth-order valence-corrected chi connectivity index (χ4v) is 4.52. The van der Waals surface area contributed by atoms with Gasteiger partial charge in [-0.25, -0.2) is 4.79 Å². The molecule has 1 amide bonds. The van der Waals surface area contributed by atoms with E-state index in [0.717, 1.165) is 24.8 Å². The molecule has 4 N–H and O–H groups in total. The number of halogens is 3. The van der Waals surface area contributed by atoms with Gasteiger partial charge in [-0.05, 0) is 55.6 Å². The molecule has 2 atom stereocenters. The smallest absolute Gasteiger partial charge is 0.326 e. The van der Waals surface area contributed by atoms with Crippen molar-refractivity contribution >= 4 is 58.9 Å². The second kappa shape index (κ2) is 11.0. The molecule has 9 heteroatoms. The number of carboxylic acids is 1. The van der Waals surface area contributed by atoms with E-state index < -0.39 is 18.1 Å². The number of fused-ring (bicyclic) bond motifs is 1. The van der Waals surface area contributed by atoms with Gasteiger partial charge in [-0.15, -0.1) is 12.4 Å². The molecule has 2 aromatic carbocycles. The molecular weight excluding hydrogens is 461 g/mol. The first kappa shape index (κ1) is 25.3. The maximum Gasteiger partial charge on any atom is 0.326 e. The van der Waals surface area contributed by atoms with Crippen LogP contribution < -0.4 is 16.0 Å². The molecule has 0 bridgehead atoms. The van der Waals surface area contributed by atoms with Crippen LogP contribution in [0.5, 0.6) is 0 Å². The zero-order chi connectivity index (χ0) is 21.8. The molecule has 1 aliphatic heterocycles. The van der Waals surface area contributed by atoms with Crippen molar-refractivity contribution in [1.29, 1.82) is 0 Å². The fourth-order valence-electron chi connectivity index (χ4n) is 3.91. The number of amides is 1.